The van der Waals surface area contributed by atoms with Gasteiger partial charge < -0.3 is 9.47 Å². The second-order valence-corrected chi connectivity index (χ2v) is 4.06. The number of rotatable bonds is 9. The third-order valence-electron chi connectivity index (χ3n) is 2.66. The van der Waals surface area contributed by atoms with E-state index in [1.807, 2.05) is 0 Å². The molecule has 0 saturated heterocycles. The van der Waals surface area contributed by atoms with Gasteiger partial charge >= 0.3 is 11.9 Å². The highest BCUT2D eigenvalue weighted by Crippen LogP contribution is 2.17. The molecule has 0 aromatic heterocycles. The number of hydrogen-bond acceptors (Lipinski definition) is 4. The van der Waals surface area contributed by atoms with Crippen LogP contribution < -0.4 is 0 Å². The highest BCUT2D eigenvalue weighted by atomic mass is 16.5. The van der Waals surface area contributed by atoms with Gasteiger partial charge in [0, 0.05) is 6.42 Å². The number of carbonyl (C=O) groups excluding carboxylic acids is 2. The average Bonchev–Trinajstić information content (AvgIpc) is 2.32. The van der Waals surface area contributed by atoms with Crippen molar-refractivity contribution in [1.82, 2.24) is 0 Å². The minimum atomic E-state index is -0.155. The van der Waals surface area contributed by atoms with Crippen molar-refractivity contribution in [1.29, 1.82) is 0 Å². The van der Waals surface area contributed by atoms with E-state index in [1.165, 1.54) is 7.11 Å². The van der Waals surface area contributed by atoms with E-state index >= 15 is 0 Å². The van der Waals surface area contributed by atoms with Gasteiger partial charge in [0.05, 0.1) is 19.6 Å². The molecule has 0 rings (SSSR count). The molecule has 0 aromatic rings. The molecule has 0 fully saturated rings. The van der Waals surface area contributed by atoms with Crippen LogP contribution in [0, 0.1) is 5.92 Å². The fourth-order valence-corrected chi connectivity index (χ4v) is 1.79. The summed E-state index contributed by atoms with van der Waals surface area (Å²) in [4.78, 5) is 22.5. The van der Waals surface area contributed by atoms with Crippen molar-refractivity contribution in [3.63, 3.8) is 0 Å². The van der Waals surface area contributed by atoms with E-state index in [-0.39, 0.29) is 17.9 Å². The standard InChI is InChI=1S/C13H24O4/c1-4-8-11(13(15)16-3)9-6-7-10-12(14)17-5-2/h11H,4-10H2,1-3H3. The molecule has 0 N–H and O–H groups in total. The third kappa shape index (κ3) is 7.77. The van der Waals surface area contributed by atoms with Crippen LogP contribution in [0.4, 0.5) is 0 Å². The fraction of sp³-hybridized carbons (Fsp3) is 0.846. The van der Waals surface area contributed by atoms with Crippen LogP contribution >= 0.6 is 0 Å². The molecule has 0 aliphatic carbocycles. The van der Waals surface area contributed by atoms with Gasteiger partial charge in [-0.3, -0.25) is 9.59 Å². The summed E-state index contributed by atoms with van der Waals surface area (Å²) in [7, 11) is 1.42. The van der Waals surface area contributed by atoms with Crippen molar-refractivity contribution in [2.75, 3.05) is 13.7 Å². The average molecular weight is 244 g/mol. The molecule has 0 spiro atoms. The number of hydrogen-bond donors (Lipinski definition) is 0. The van der Waals surface area contributed by atoms with Crippen molar-refractivity contribution in [3.05, 3.63) is 0 Å². The summed E-state index contributed by atoms with van der Waals surface area (Å²) >= 11 is 0. The quantitative estimate of drug-likeness (QED) is 0.462. The topological polar surface area (TPSA) is 52.6 Å². The molecule has 4 nitrogen and oxygen atoms in total. The molecular formula is C13H24O4. The van der Waals surface area contributed by atoms with Crippen LogP contribution in [-0.2, 0) is 19.1 Å². The first-order valence-corrected chi connectivity index (χ1v) is 6.39. The Morgan fingerprint density at radius 2 is 1.82 bits per heavy atom. The van der Waals surface area contributed by atoms with E-state index in [9.17, 15) is 9.59 Å². The Morgan fingerprint density at radius 1 is 1.12 bits per heavy atom. The zero-order valence-corrected chi connectivity index (χ0v) is 11.2. The van der Waals surface area contributed by atoms with E-state index in [1.54, 1.807) is 6.92 Å². The van der Waals surface area contributed by atoms with E-state index in [2.05, 4.69) is 6.92 Å². The van der Waals surface area contributed by atoms with Gasteiger partial charge in [0.2, 0.25) is 0 Å². The van der Waals surface area contributed by atoms with Crippen molar-refractivity contribution >= 4 is 11.9 Å². The zero-order chi connectivity index (χ0) is 13.1. The Kier molecular flexibility index (Phi) is 9.49. The normalized spacial score (nSPS) is 11.9. The van der Waals surface area contributed by atoms with E-state index in [4.69, 9.17) is 9.47 Å². The van der Waals surface area contributed by atoms with Crippen LogP contribution in [0.5, 0.6) is 0 Å². The third-order valence-corrected chi connectivity index (χ3v) is 2.66. The maximum Gasteiger partial charge on any atom is 0.308 e. The molecule has 0 saturated carbocycles. The van der Waals surface area contributed by atoms with Gasteiger partial charge in [0.25, 0.3) is 0 Å². The summed E-state index contributed by atoms with van der Waals surface area (Å²) in [6.07, 6.45) is 4.69. The molecule has 0 aliphatic heterocycles. The Hall–Kier alpha value is -1.06. The maximum absolute atomic E-state index is 11.4. The van der Waals surface area contributed by atoms with Crippen molar-refractivity contribution in [2.45, 2.75) is 52.4 Å². The smallest absolute Gasteiger partial charge is 0.308 e. The molecule has 100 valence electrons. The minimum absolute atomic E-state index is 0.0211. The van der Waals surface area contributed by atoms with Crippen LogP contribution in [0.2, 0.25) is 0 Å². The van der Waals surface area contributed by atoms with Gasteiger partial charge in [-0.1, -0.05) is 19.8 Å². The van der Waals surface area contributed by atoms with Crippen LogP contribution in [0.1, 0.15) is 52.4 Å². The lowest BCUT2D eigenvalue weighted by Gasteiger charge is -2.13. The largest absolute Gasteiger partial charge is 0.469 e. The van der Waals surface area contributed by atoms with E-state index < -0.39 is 0 Å². The van der Waals surface area contributed by atoms with Gasteiger partial charge in [-0.15, -0.1) is 0 Å². The maximum atomic E-state index is 11.4. The molecule has 0 radical (unpaired) electrons. The van der Waals surface area contributed by atoms with Crippen LogP contribution in [0.3, 0.4) is 0 Å². The minimum Gasteiger partial charge on any atom is -0.469 e. The number of esters is 2. The van der Waals surface area contributed by atoms with Crippen molar-refractivity contribution < 1.29 is 19.1 Å². The van der Waals surface area contributed by atoms with E-state index in [0.29, 0.717) is 13.0 Å². The lowest BCUT2D eigenvalue weighted by atomic mass is 9.96. The summed E-state index contributed by atoms with van der Waals surface area (Å²) in [5.74, 6) is -0.312. The molecule has 1 atom stereocenters. The Morgan fingerprint density at radius 3 is 2.35 bits per heavy atom. The zero-order valence-electron chi connectivity index (χ0n) is 11.2. The first-order chi connectivity index (χ1) is 8.15. The Bertz CT molecular complexity index is 225. The number of ether oxygens (including phenoxy) is 2. The summed E-state index contributed by atoms with van der Waals surface area (Å²) in [5.41, 5.74) is 0. The number of unbranched alkanes of at least 4 members (excludes halogenated alkanes) is 1. The van der Waals surface area contributed by atoms with Crippen LogP contribution in [-0.4, -0.2) is 25.7 Å². The summed E-state index contributed by atoms with van der Waals surface area (Å²) in [6.45, 7) is 4.28. The summed E-state index contributed by atoms with van der Waals surface area (Å²) < 4.78 is 9.59. The summed E-state index contributed by atoms with van der Waals surface area (Å²) in [5, 5.41) is 0. The lowest BCUT2D eigenvalue weighted by Crippen LogP contribution is -2.16. The van der Waals surface area contributed by atoms with Crippen molar-refractivity contribution in [2.24, 2.45) is 5.92 Å². The first-order valence-electron chi connectivity index (χ1n) is 6.39. The van der Waals surface area contributed by atoms with E-state index in [0.717, 1.165) is 32.1 Å². The van der Waals surface area contributed by atoms with Gasteiger partial charge in [-0.05, 0) is 26.2 Å². The van der Waals surface area contributed by atoms with Gasteiger partial charge in [0.1, 0.15) is 0 Å². The number of carbonyl (C=O) groups is 2. The van der Waals surface area contributed by atoms with Gasteiger partial charge in [-0.25, -0.2) is 0 Å². The van der Waals surface area contributed by atoms with Crippen LogP contribution in [0.15, 0.2) is 0 Å². The monoisotopic (exact) mass is 244 g/mol. The predicted molar refractivity (Wildman–Crippen MR) is 65.5 cm³/mol. The molecule has 4 heteroatoms. The molecule has 0 aromatic carbocycles. The highest BCUT2D eigenvalue weighted by Gasteiger charge is 2.17. The molecular weight excluding hydrogens is 220 g/mol. The van der Waals surface area contributed by atoms with Crippen LogP contribution in [0.25, 0.3) is 0 Å². The lowest BCUT2D eigenvalue weighted by molar-refractivity contribution is -0.146. The molecule has 17 heavy (non-hydrogen) atoms. The Balaban J connectivity index is 3.74. The number of methoxy groups -OCH3 is 1. The summed E-state index contributed by atoms with van der Waals surface area (Å²) in [6, 6.07) is 0. The SMILES string of the molecule is CCCC(CCCCC(=O)OCC)C(=O)OC. The second-order valence-electron chi connectivity index (χ2n) is 4.06. The first kappa shape index (κ1) is 15.9. The second kappa shape index (κ2) is 10.1. The van der Waals surface area contributed by atoms with Gasteiger partial charge in [0.15, 0.2) is 0 Å². The molecule has 0 amide bonds. The molecule has 0 bridgehead atoms. The molecule has 0 heterocycles. The van der Waals surface area contributed by atoms with Crippen molar-refractivity contribution in [3.8, 4) is 0 Å². The van der Waals surface area contributed by atoms with Gasteiger partial charge in [-0.2, -0.15) is 0 Å². The molecule has 0 aliphatic rings. The highest BCUT2D eigenvalue weighted by molar-refractivity contribution is 5.72. The fourth-order valence-electron chi connectivity index (χ4n) is 1.79. The predicted octanol–water partition coefficient (Wildman–Crippen LogP) is 2.70. The molecule has 1 unspecified atom stereocenters. The Labute approximate surface area is 104 Å².